The Morgan fingerprint density at radius 1 is 0.912 bits per heavy atom. The average molecular weight is 487 g/mol. The highest BCUT2D eigenvalue weighted by atomic mass is 32.2. The summed E-state index contributed by atoms with van der Waals surface area (Å²) in [5.41, 5.74) is 0.896. The SMILES string of the molecule is O=C(NCC1(c2ccc(F)cc2)CCOCC1)c1cccc(S(=O)(=O)Nc2ccc(F)cc2)c1. The van der Waals surface area contributed by atoms with Crippen LogP contribution in [0.4, 0.5) is 14.5 Å². The van der Waals surface area contributed by atoms with E-state index < -0.39 is 27.2 Å². The summed E-state index contributed by atoms with van der Waals surface area (Å²) in [6, 6.07) is 16.8. The van der Waals surface area contributed by atoms with Gasteiger partial charge in [-0.2, -0.15) is 0 Å². The highest BCUT2D eigenvalue weighted by Crippen LogP contribution is 2.34. The molecule has 1 heterocycles. The molecule has 3 aromatic rings. The largest absolute Gasteiger partial charge is 0.381 e. The highest BCUT2D eigenvalue weighted by molar-refractivity contribution is 7.92. The van der Waals surface area contributed by atoms with Crippen molar-refractivity contribution in [2.24, 2.45) is 0 Å². The summed E-state index contributed by atoms with van der Waals surface area (Å²) in [5, 5.41) is 2.91. The predicted molar refractivity (Wildman–Crippen MR) is 124 cm³/mol. The van der Waals surface area contributed by atoms with Gasteiger partial charge >= 0.3 is 0 Å². The number of amides is 1. The maximum atomic E-state index is 13.4. The van der Waals surface area contributed by atoms with Gasteiger partial charge in [-0.15, -0.1) is 0 Å². The Morgan fingerprint density at radius 2 is 1.53 bits per heavy atom. The number of halogens is 2. The molecule has 0 aliphatic carbocycles. The van der Waals surface area contributed by atoms with Crippen LogP contribution >= 0.6 is 0 Å². The lowest BCUT2D eigenvalue weighted by atomic mass is 9.74. The number of ether oxygens (including phenoxy) is 1. The molecule has 1 aliphatic heterocycles. The number of hydrogen-bond donors (Lipinski definition) is 2. The van der Waals surface area contributed by atoms with Gasteiger partial charge in [0.1, 0.15) is 11.6 Å². The van der Waals surface area contributed by atoms with Gasteiger partial charge in [0, 0.05) is 36.4 Å². The Bertz CT molecular complexity index is 1260. The first-order valence-corrected chi connectivity index (χ1v) is 12.3. The van der Waals surface area contributed by atoms with Crippen molar-refractivity contribution >= 4 is 21.6 Å². The van der Waals surface area contributed by atoms with E-state index in [-0.39, 0.29) is 22.0 Å². The van der Waals surface area contributed by atoms with Crippen molar-refractivity contribution in [2.75, 3.05) is 24.5 Å². The van der Waals surface area contributed by atoms with Crippen LogP contribution in [0.1, 0.15) is 28.8 Å². The van der Waals surface area contributed by atoms with Crippen LogP contribution in [-0.4, -0.2) is 34.1 Å². The lowest BCUT2D eigenvalue weighted by Crippen LogP contribution is -2.44. The van der Waals surface area contributed by atoms with Gasteiger partial charge < -0.3 is 10.1 Å². The molecule has 0 unspecified atom stereocenters. The Labute approximate surface area is 197 Å². The monoisotopic (exact) mass is 486 g/mol. The third kappa shape index (κ3) is 5.43. The van der Waals surface area contributed by atoms with Crippen molar-refractivity contribution in [1.29, 1.82) is 0 Å². The van der Waals surface area contributed by atoms with Crippen LogP contribution in [0.15, 0.2) is 77.7 Å². The van der Waals surface area contributed by atoms with Crippen LogP contribution in [0.3, 0.4) is 0 Å². The standard InChI is InChI=1S/C25H24F2N2O4S/c26-20-6-4-19(5-7-20)25(12-14-33-15-13-25)17-28-24(30)18-2-1-3-23(16-18)34(31,32)29-22-10-8-21(27)9-11-22/h1-11,16,29H,12-15,17H2,(H,28,30). The molecule has 1 amide bonds. The van der Waals surface area contributed by atoms with Gasteiger partial charge in [-0.1, -0.05) is 18.2 Å². The molecule has 2 N–H and O–H groups in total. The minimum Gasteiger partial charge on any atom is -0.381 e. The third-order valence-electron chi connectivity index (χ3n) is 6.00. The fraction of sp³-hybridized carbons (Fsp3) is 0.240. The molecule has 1 fully saturated rings. The summed E-state index contributed by atoms with van der Waals surface area (Å²) >= 11 is 0. The number of benzene rings is 3. The second kappa shape index (κ2) is 9.90. The normalized spacial score (nSPS) is 15.5. The molecule has 0 spiro atoms. The summed E-state index contributed by atoms with van der Waals surface area (Å²) in [4.78, 5) is 12.8. The molecule has 34 heavy (non-hydrogen) atoms. The zero-order chi connectivity index (χ0) is 24.2. The lowest BCUT2D eigenvalue weighted by Gasteiger charge is -2.38. The quantitative estimate of drug-likeness (QED) is 0.523. The molecule has 6 nitrogen and oxygen atoms in total. The van der Waals surface area contributed by atoms with E-state index in [1.807, 2.05) is 0 Å². The van der Waals surface area contributed by atoms with E-state index in [1.54, 1.807) is 12.1 Å². The number of nitrogens with one attached hydrogen (secondary N) is 2. The maximum absolute atomic E-state index is 13.4. The van der Waals surface area contributed by atoms with Gasteiger partial charge in [-0.25, -0.2) is 17.2 Å². The summed E-state index contributed by atoms with van der Waals surface area (Å²) in [6.07, 6.45) is 1.32. The fourth-order valence-corrected chi connectivity index (χ4v) is 5.13. The van der Waals surface area contributed by atoms with Gasteiger partial charge in [0.15, 0.2) is 0 Å². The first-order chi connectivity index (χ1) is 16.3. The van der Waals surface area contributed by atoms with Crippen LogP contribution in [0, 0.1) is 11.6 Å². The molecule has 0 bridgehead atoms. The number of carbonyl (C=O) groups excluding carboxylic acids is 1. The van der Waals surface area contributed by atoms with E-state index in [0.29, 0.717) is 32.6 Å². The molecule has 1 aliphatic rings. The topological polar surface area (TPSA) is 84.5 Å². The smallest absolute Gasteiger partial charge is 0.261 e. The van der Waals surface area contributed by atoms with E-state index in [9.17, 15) is 22.0 Å². The van der Waals surface area contributed by atoms with Crippen LogP contribution in [0.25, 0.3) is 0 Å². The van der Waals surface area contributed by atoms with Gasteiger partial charge in [-0.05, 0) is 73.0 Å². The molecular weight excluding hydrogens is 462 g/mol. The maximum Gasteiger partial charge on any atom is 0.261 e. The van der Waals surface area contributed by atoms with Crippen molar-refractivity contribution in [3.63, 3.8) is 0 Å². The molecule has 178 valence electrons. The highest BCUT2D eigenvalue weighted by Gasteiger charge is 2.35. The Kier molecular flexibility index (Phi) is 6.95. The van der Waals surface area contributed by atoms with Crippen LogP contribution < -0.4 is 10.0 Å². The minimum atomic E-state index is -3.98. The number of anilines is 1. The fourth-order valence-electron chi connectivity index (χ4n) is 4.02. The predicted octanol–water partition coefficient (Wildman–Crippen LogP) is 4.24. The molecular formula is C25H24F2N2O4S. The van der Waals surface area contributed by atoms with Crippen molar-refractivity contribution in [3.8, 4) is 0 Å². The van der Waals surface area contributed by atoms with Gasteiger partial charge in [0.25, 0.3) is 15.9 Å². The second-order valence-electron chi connectivity index (χ2n) is 8.22. The Hall–Kier alpha value is -3.30. The zero-order valence-electron chi connectivity index (χ0n) is 18.3. The van der Waals surface area contributed by atoms with Crippen LogP contribution in [-0.2, 0) is 20.2 Å². The van der Waals surface area contributed by atoms with E-state index in [2.05, 4.69) is 10.0 Å². The average Bonchev–Trinajstić information content (AvgIpc) is 2.85. The Balaban J connectivity index is 1.50. The molecule has 1 saturated heterocycles. The molecule has 0 saturated carbocycles. The number of carbonyl (C=O) groups is 1. The van der Waals surface area contributed by atoms with Gasteiger partial charge in [0.05, 0.1) is 4.90 Å². The van der Waals surface area contributed by atoms with Crippen molar-refractivity contribution in [1.82, 2.24) is 5.32 Å². The van der Waals surface area contributed by atoms with Crippen molar-refractivity contribution < 1.29 is 26.7 Å². The molecule has 4 rings (SSSR count). The number of hydrogen-bond acceptors (Lipinski definition) is 4. The Morgan fingerprint density at radius 3 is 2.18 bits per heavy atom. The molecule has 3 aromatic carbocycles. The summed E-state index contributed by atoms with van der Waals surface area (Å²) in [6.45, 7) is 1.34. The van der Waals surface area contributed by atoms with Crippen LogP contribution in [0.5, 0.6) is 0 Å². The lowest BCUT2D eigenvalue weighted by molar-refractivity contribution is 0.0487. The molecule has 0 radical (unpaired) electrons. The third-order valence-corrected chi connectivity index (χ3v) is 7.38. The zero-order valence-corrected chi connectivity index (χ0v) is 19.1. The summed E-state index contributed by atoms with van der Waals surface area (Å²) < 4.78 is 59.9. The first-order valence-electron chi connectivity index (χ1n) is 10.8. The van der Waals surface area contributed by atoms with E-state index in [1.165, 1.54) is 48.5 Å². The minimum absolute atomic E-state index is 0.0937. The van der Waals surface area contributed by atoms with Crippen molar-refractivity contribution in [2.45, 2.75) is 23.2 Å². The van der Waals surface area contributed by atoms with Gasteiger partial charge in [-0.3, -0.25) is 9.52 Å². The van der Waals surface area contributed by atoms with Gasteiger partial charge in [0.2, 0.25) is 0 Å². The van der Waals surface area contributed by atoms with E-state index in [4.69, 9.17) is 4.74 Å². The first kappa shape index (κ1) is 23.8. The summed E-state index contributed by atoms with van der Waals surface area (Å²) in [7, 11) is -3.98. The van der Waals surface area contributed by atoms with Crippen LogP contribution in [0.2, 0.25) is 0 Å². The molecule has 9 heteroatoms. The summed E-state index contributed by atoms with van der Waals surface area (Å²) in [5.74, 6) is -1.24. The second-order valence-corrected chi connectivity index (χ2v) is 9.90. The van der Waals surface area contributed by atoms with Crippen molar-refractivity contribution in [3.05, 3.63) is 95.6 Å². The van der Waals surface area contributed by atoms with E-state index >= 15 is 0 Å². The van der Waals surface area contributed by atoms with E-state index in [0.717, 1.165) is 17.7 Å². The molecule has 0 aromatic heterocycles. The number of sulfonamides is 1. The number of rotatable bonds is 7. The molecule has 0 atom stereocenters.